The maximum Gasteiger partial charge on any atom is 0.161 e. The van der Waals surface area contributed by atoms with Crippen LogP contribution in [0.2, 0.25) is 0 Å². The van der Waals surface area contributed by atoms with Crippen LogP contribution in [-0.2, 0) is 7.05 Å². The third-order valence-electron chi connectivity index (χ3n) is 9.13. The molecule has 6 heteroatoms. The van der Waals surface area contributed by atoms with Crippen molar-refractivity contribution >= 4 is 11.0 Å². The first-order valence-electron chi connectivity index (χ1n) is 14.2. The summed E-state index contributed by atoms with van der Waals surface area (Å²) in [5.74, 6) is 4.07. The summed E-state index contributed by atoms with van der Waals surface area (Å²) in [7, 11) is 5.47. The van der Waals surface area contributed by atoms with E-state index in [2.05, 4.69) is 46.5 Å². The minimum atomic E-state index is 0.633. The number of ether oxygens (including phenoxy) is 2. The largest absolute Gasteiger partial charge is 0.493 e. The van der Waals surface area contributed by atoms with Gasteiger partial charge in [-0.15, -0.1) is 0 Å². The molecule has 3 heterocycles. The molecule has 198 valence electrons. The summed E-state index contributed by atoms with van der Waals surface area (Å²) in [6, 6.07) is 11.6. The van der Waals surface area contributed by atoms with Gasteiger partial charge < -0.3 is 23.8 Å². The Bertz CT molecular complexity index is 1250. The van der Waals surface area contributed by atoms with Crippen molar-refractivity contribution < 1.29 is 9.47 Å². The normalized spacial score (nSPS) is 20.5. The Morgan fingerprint density at radius 3 is 2.27 bits per heavy atom. The minimum absolute atomic E-state index is 0.633. The minimum Gasteiger partial charge on any atom is -0.493 e. The number of fused-ring (bicyclic) bond motifs is 1. The number of hydrogen-bond donors (Lipinski definition) is 0. The number of aromatic nitrogens is 2. The highest BCUT2D eigenvalue weighted by molar-refractivity contribution is 5.84. The van der Waals surface area contributed by atoms with Crippen LogP contribution in [0, 0.1) is 12.8 Å². The number of likely N-dealkylation sites (tertiary alicyclic amines) is 2. The monoisotopic (exact) mass is 502 g/mol. The Morgan fingerprint density at radius 1 is 0.865 bits per heavy atom. The molecule has 3 aliphatic rings. The van der Waals surface area contributed by atoms with Gasteiger partial charge in [-0.2, -0.15) is 0 Å². The molecule has 0 bridgehead atoms. The zero-order valence-corrected chi connectivity index (χ0v) is 23.0. The second kappa shape index (κ2) is 10.3. The molecule has 0 N–H and O–H groups in total. The highest BCUT2D eigenvalue weighted by atomic mass is 16.5. The molecule has 0 radical (unpaired) electrons. The van der Waals surface area contributed by atoms with Crippen LogP contribution in [0.15, 0.2) is 30.3 Å². The summed E-state index contributed by atoms with van der Waals surface area (Å²) in [5.41, 5.74) is 6.08. The number of nitrogens with zero attached hydrogens (tertiary/aromatic N) is 4. The van der Waals surface area contributed by atoms with Gasteiger partial charge in [-0.3, -0.25) is 0 Å². The number of benzene rings is 2. The maximum absolute atomic E-state index is 5.54. The first-order valence-corrected chi connectivity index (χ1v) is 14.2. The van der Waals surface area contributed by atoms with Gasteiger partial charge in [-0.1, -0.05) is 6.07 Å². The molecule has 0 atom stereocenters. The van der Waals surface area contributed by atoms with E-state index in [0.717, 1.165) is 40.4 Å². The molecule has 37 heavy (non-hydrogen) atoms. The van der Waals surface area contributed by atoms with E-state index >= 15 is 0 Å². The summed E-state index contributed by atoms with van der Waals surface area (Å²) in [5, 5.41) is 0. The van der Waals surface area contributed by atoms with Crippen LogP contribution in [0.1, 0.15) is 55.6 Å². The third-order valence-corrected chi connectivity index (χ3v) is 9.13. The summed E-state index contributed by atoms with van der Waals surface area (Å²) in [6.07, 6.45) is 8.16. The van der Waals surface area contributed by atoms with E-state index in [1.165, 1.54) is 87.9 Å². The average molecular weight is 503 g/mol. The molecule has 6 rings (SSSR count). The quantitative estimate of drug-likeness (QED) is 0.420. The van der Waals surface area contributed by atoms with E-state index in [1.54, 1.807) is 14.2 Å². The SMILES string of the molecule is COc1ccc(-c2nc3c(C)cc(C4CCN(C5CCN(CC6CC6)CC5)CC4)cc3n2C)cc1OC. The Morgan fingerprint density at radius 2 is 1.59 bits per heavy atom. The molecule has 1 aliphatic carbocycles. The van der Waals surface area contributed by atoms with Crippen LogP contribution in [0.5, 0.6) is 11.5 Å². The van der Waals surface area contributed by atoms with Gasteiger partial charge in [0.25, 0.3) is 0 Å². The molecule has 6 nitrogen and oxygen atoms in total. The second-order valence-corrected chi connectivity index (χ2v) is 11.6. The Kier molecular flexibility index (Phi) is 6.89. The van der Waals surface area contributed by atoms with Crippen molar-refractivity contribution in [2.75, 3.05) is 46.9 Å². The molecular formula is C31H42N4O2. The molecule has 1 saturated carbocycles. The van der Waals surface area contributed by atoms with Crippen molar-refractivity contribution in [2.24, 2.45) is 13.0 Å². The lowest BCUT2D eigenvalue weighted by Gasteiger charge is -2.42. The van der Waals surface area contributed by atoms with Crippen LogP contribution in [-0.4, -0.2) is 72.3 Å². The predicted octanol–water partition coefficient (Wildman–Crippen LogP) is 5.62. The average Bonchev–Trinajstić information content (AvgIpc) is 3.69. The predicted molar refractivity (Wildman–Crippen MR) is 150 cm³/mol. The van der Waals surface area contributed by atoms with Gasteiger partial charge >= 0.3 is 0 Å². The number of rotatable bonds is 7. The topological polar surface area (TPSA) is 42.8 Å². The number of aryl methyl sites for hydroxylation is 2. The second-order valence-electron chi connectivity index (χ2n) is 11.6. The van der Waals surface area contributed by atoms with Gasteiger partial charge in [0.05, 0.1) is 25.3 Å². The van der Waals surface area contributed by atoms with Crippen molar-refractivity contribution in [1.82, 2.24) is 19.4 Å². The summed E-state index contributed by atoms with van der Waals surface area (Å²) in [6.45, 7) is 8.65. The van der Waals surface area contributed by atoms with Crippen LogP contribution in [0.3, 0.4) is 0 Å². The molecule has 1 aromatic heterocycles. The van der Waals surface area contributed by atoms with Crippen molar-refractivity contribution in [3.05, 3.63) is 41.5 Å². The van der Waals surface area contributed by atoms with Crippen molar-refractivity contribution in [2.45, 2.75) is 57.4 Å². The number of methoxy groups -OCH3 is 2. The summed E-state index contributed by atoms with van der Waals surface area (Å²) < 4.78 is 13.2. The molecule has 0 amide bonds. The molecule has 3 aromatic rings. The molecule has 2 aliphatic heterocycles. The standard InChI is InChI=1S/C31H42N4O2/c1-21-17-25(23-9-15-35(16-10-23)26-11-13-34(14-12-26)20-22-5-6-22)18-27-30(21)32-31(33(27)2)24-7-8-28(36-3)29(19-24)37-4/h7-8,17-19,22-23,26H,5-6,9-16,20H2,1-4H3. The highest BCUT2D eigenvalue weighted by Gasteiger charge is 2.31. The lowest BCUT2D eigenvalue weighted by Crippen LogP contribution is -2.47. The summed E-state index contributed by atoms with van der Waals surface area (Å²) in [4.78, 5) is 10.6. The van der Waals surface area contributed by atoms with Crippen LogP contribution in [0.25, 0.3) is 22.4 Å². The first kappa shape index (κ1) is 24.7. The van der Waals surface area contributed by atoms with Crippen molar-refractivity contribution in [3.63, 3.8) is 0 Å². The van der Waals surface area contributed by atoms with Gasteiger partial charge in [0, 0.05) is 25.2 Å². The Hall–Kier alpha value is -2.57. The Labute approximate surface area is 221 Å². The summed E-state index contributed by atoms with van der Waals surface area (Å²) >= 11 is 0. The molecule has 2 aromatic carbocycles. The fourth-order valence-electron chi connectivity index (χ4n) is 6.68. The number of hydrogen-bond acceptors (Lipinski definition) is 5. The molecule has 0 unspecified atom stereocenters. The van der Waals surface area contributed by atoms with Crippen LogP contribution in [0.4, 0.5) is 0 Å². The number of piperidine rings is 2. The lowest BCUT2D eigenvalue weighted by atomic mass is 9.87. The first-order chi connectivity index (χ1) is 18.0. The van der Waals surface area contributed by atoms with E-state index in [9.17, 15) is 0 Å². The van der Waals surface area contributed by atoms with E-state index in [1.807, 2.05) is 12.1 Å². The maximum atomic E-state index is 5.54. The van der Waals surface area contributed by atoms with Gasteiger partial charge in [-0.25, -0.2) is 4.98 Å². The van der Waals surface area contributed by atoms with E-state index < -0.39 is 0 Å². The molecule has 3 fully saturated rings. The highest BCUT2D eigenvalue weighted by Crippen LogP contribution is 2.37. The molecule has 2 saturated heterocycles. The molecular weight excluding hydrogens is 460 g/mol. The zero-order valence-electron chi connectivity index (χ0n) is 23.0. The van der Waals surface area contributed by atoms with Gasteiger partial charge in [0.15, 0.2) is 11.5 Å². The van der Waals surface area contributed by atoms with Gasteiger partial charge in [0.1, 0.15) is 5.82 Å². The van der Waals surface area contributed by atoms with E-state index in [-0.39, 0.29) is 0 Å². The van der Waals surface area contributed by atoms with E-state index in [4.69, 9.17) is 14.5 Å². The van der Waals surface area contributed by atoms with Gasteiger partial charge in [-0.05, 0) is 119 Å². The van der Waals surface area contributed by atoms with E-state index in [0.29, 0.717) is 5.92 Å². The van der Waals surface area contributed by atoms with Crippen molar-refractivity contribution in [3.8, 4) is 22.9 Å². The fourth-order valence-corrected chi connectivity index (χ4v) is 6.68. The smallest absolute Gasteiger partial charge is 0.161 e. The Balaban J connectivity index is 1.16. The fraction of sp³-hybridized carbons (Fsp3) is 0.581. The van der Waals surface area contributed by atoms with Gasteiger partial charge in [0.2, 0.25) is 0 Å². The van der Waals surface area contributed by atoms with Crippen LogP contribution >= 0.6 is 0 Å². The third kappa shape index (κ3) is 4.98. The number of imidazole rings is 1. The van der Waals surface area contributed by atoms with Crippen molar-refractivity contribution in [1.29, 1.82) is 0 Å². The van der Waals surface area contributed by atoms with Crippen LogP contribution < -0.4 is 9.47 Å². The zero-order chi connectivity index (χ0) is 25.5. The molecule has 0 spiro atoms. The lowest BCUT2D eigenvalue weighted by molar-refractivity contribution is 0.0855.